The zero-order valence-electron chi connectivity index (χ0n) is 18.4. The molecular weight excluding hydrogens is 388 g/mol. The SMILES string of the molecule is CCCCC1CCC(/C(F)=C(\F)C2CCC(c3ccc(CC)cc3)CC2)CC1(F)F. The van der Waals surface area contributed by atoms with E-state index in [1.807, 2.05) is 6.92 Å². The lowest BCUT2D eigenvalue weighted by Gasteiger charge is -2.36. The van der Waals surface area contributed by atoms with Crippen LogP contribution in [-0.2, 0) is 6.42 Å². The van der Waals surface area contributed by atoms with Crippen molar-refractivity contribution in [2.75, 3.05) is 0 Å². The van der Waals surface area contributed by atoms with Crippen LogP contribution in [0.4, 0.5) is 17.6 Å². The molecule has 4 heteroatoms. The van der Waals surface area contributed by atoms with E-state index in [1.54, 1.807) is 0 Å². The van der Waals surface area contributed by atoms with Crippen molar-refractivity contribution < 1.29 is 17.6 Å². The monoisotopic (exact) mass is 424 g/mol. The summed E-state index contributed by atoms with van der Waals surface area (Å²) in [6.45, 7) is 4.11. The van der Waals surface area contributed by atoms with Gasteiger partial charge in [0.2, 0.25) is 0 Å². The maximum atomic E-state index is 14.9. The van der Waals surface area contributed by atoms with E-state index in [-0.39, 0.29) is 0 Å². The minimum absolute atomic E-state index is 0.291. The molecule has 2 fully saturated rings. The van der Waals surface area contributed by atoms with Crippen LogP contribution in [0.3, 0.4) is 0 Å². The van der Waals surface area contributed by atoms with E-state index in [0.29, 0.717) is 38.0 Å². The van der Waals surface area contributed by atoms with Crippen molar-refractivity contribution in [3.05, 3.63) is 47.0 Å². The zero-order chi connectivity index (χ0) is 21.7. The topological polar surface area (TPSA) is 0 Å². The lowest BCUT2D eigenvalue weighted by Crippen LogP contribution is -2.36. The lowest BCUT2D eigenvalue weighted by atomic mass is 9.74. The Hall–Kier alpha value is -1.32. The minimum atomic E-state index is -2.89. The van der Waals surface area contributed by atoms with Crippen molar-refractivity contribution in [2.24, 2.45) is 17.8 Å². The second-order valence-corrected chi connectivity index (χ2v) is 9.42. The third-order valence-electron chi connectivity index (χ3n) is 7.42. The molecule has 0 saturated heterocycles. The zero-order valence-corrected chi connectivity index (χ0v) is 18.4. The Morgan fingerprint density at radius 1 is 0.867 bits per heavy atom. The molecule has 30 heavy (non-hydrogen) atoms. The van der Waals surface area contributed by atoms with Crippen LogP contribution in [0.25, 0.3) is 0 Å². The first kappa shape index (κ1) is 23.3. The smallest absolute Gasteiger partial charge is 0.209 e. The molecule has 1 aromatic carbocycles. The lowest BCUT2D eigenvalue weighted by molar-refractivity contribution is -0.103. The summed E-state index contributed by atoms with van der Waals surface area (Å²) < 4.78 is 58.7. The molecule has 3 rings (SSSR count). The Morgan fingerprint density at radius 2 is 1.47 bits per heavy atom. The quantitative estimate of drug-likeness (QED) is 0.383. The summed E-state index contributed by atoms with van der Waals surface area (Å²) >= 11 is 0. The summed E-state index contributed by atoms with van der Waals surface area (Å²) in [6, 6.07) is 8.57. The van der Waals surface area contributed by atoms with E-state index in [9.17, 15) is 17.6 Å². The Labute approximate surface area is 179 Å². The third kappa shape index (κ3) is 5.48. The van der Waals surface area contributed by atoms with Gasteiger partial charge in [0.15, 0.2) is 0 Å². The Morgan fingerprint density at radius 3 is 2.03 bits per heavy atom. The number of hydrogen-bond donors (Lipinski definition) is 0. The van der Waals surface area contributed by atoms with Gasteiger partial charge in [-0.25, -0.2) is 17.6 Å². The van der Waals surface area contributed by atoms with E-state index in [0.717, 1.165) is 32.1 Å². The summed E-state index contributed by atoms with van der Waals surface area (Å²) in [5.74, 6) is -6.25. The molecule has 2 aliphatic rings. The van der Waals surface area contributed by atoms with E-state index < -0.39 is 41.8 Å². The molecule has 168 valence electrons. The Kier molecular flexibility index (Phi) is 8.04. The number of benzene rings is 1. The fraction of sp³-hybridized carbons (Fsp3) is 0.692. The molecule has 0 nitrogen and oxygen atoms in total. The van der Waals surface area contributed by atoms with Crippen LogP contribution in [0.5, 0.6) is 0 Å². The molecule has 0 radical (unpaired) electrons. The van der Waals surface area contributed by atoms with Crippen molar-refractivity contribution >= 4 is 0 Å². The molecule has 2 atom stereocenters. The molecule has 0 heterocycles. The molecular formula is C26H36F4. The van der Waals surface area contributed by atoms with Gasteiger partial charge >= 0.3 is 0 Å². The molecule has 1 aromatic rings. The van der Waals surface area contributed by atoms with Crippen LogP contribution in [0.15, 0.2) is 35.9 Å². The van der Waals surface area contributed by atoms with Crippen LogP contribution in [-0.4, -0.2) is 5.92 Å². The summed E-state index contributed by atoms with van der Waals surface area (Å²) in [7, 11) is 0. The summed E-state index contributed by atoms with van der Waals surface area (Å²) in [5.41, 5.74) is 2.56. The minimum Gasteiger partial charge on any atom is -0.209 e. The van der Waals surface area contributed by atoms with E-state index in [2.05, 4.69) is 31.2 Å². The average Bonchev–Trinajstić information content (AvgIpc) is 2.77. The first-order valence-corrected chi connectivity index (χ1v) is 11.9. The van der Waals surface area contributed by atoms with Gasteiger partial charge in [-0.05, 0) is 68.4 Å². The summed E-state index contributed by atoms with van der Waals surface area (Å²) in [5, 5.41) is 0. The first-order chi connectivity index (χ1) is 14.4. The standard InChI is InChI=1S/C26H36F4/c1-3-5-6-23-16-15-22(17-26(23,29)30)25(28)24(27)21-13-11-20(12-14-21)19-9-7-18(4-2)8-10-19/h7-10,20-23H,3-6,11-17H2,1-2H3/b25-24+. The number of aryl methyl sites for hydroxylation is 1. The second kappa shape index (κ2) is 10.3. The molecule has 0 aliphatic heterocycles. The van der Waals surface area contributed by atoms with Gasteiger partial charge in [0.1, 0.15) is 11.7 Å². The first-order valence-electron chi connectivity index (χ1n) is 11.9. The molecule has 0 N–H and O–H groups in total. The van der Waals surface area contributed by atoms with E-state index >= 15 is 0 Å². The number of halogens is 4. The molecule has 2 unspecified atom stereocenters. The number of unbranched alkanes of at least 4 members (excludes halogenated alkanes) is 1. The molecule has 0 bridgehead atoms. The van der Waals surface area contributed by atoms with Crippen molar-refractivity contribution in [1.82, 2.24) is 0 Å². The molecule has 0 amide bonds. The van der Waals surface area contributed by atoms with Crippen LogP contribution >= 0.6 is 0 Å². The van der Waals surface area contributed by atoms with Gasteiger partial charge in [-0.2, -0.15) is 0 Å². The summed E-state index contributed by atoms with van der Waals surface area (Å²) in [4.78, 5) is 0. The van der Waals surface area contributed by atoms with Crippen molar-refractivity contribution in [2.45, 2.75) is 96.3 Å². The van der Waals surface area contributed by atoms with Gasteiger partial charge in [0.25, 0.3) is 5.92 Å². The highest BCUT2D eigenvalue weighted by atomic mass is 19.3. The fourth-order valence-electron chi connectivity index (χ4n) is 5.33. The van der Waals surface area contributed by atoms with E-state index in [1.165, 1.54) is 11.1 Å². The van der Waals surface area contributed by atoms with Gasteiger partial charge in [-0.3, -0.25) is 0 Å². The van der Waals surface area contributed by atoms with Gasteiger partial charge in [0.05, 0.1) is 0 Å². The van der Waals surface area contributed by atoms with Gasteiger partial charge < -0.3 is 0 Å². The van der Waals surface area contributed by atoms with Gasteiger partial charge in [-0.1, -0.05) is 51.0 Å². The highest BCUT2D eigenvalue weighted by Gasteiger charge is 2.46. The van der Waals surface area contributed by atoms with Crippen LogP contribution in [0.2, 0.25) is 0 Å². The van der Waals surface area contributed by atoms with Crippen LogP contribution in [0.1, 0.15) is 95.1 Å². The number of alkyl halides is 2. The van der Waals surface area contributed by atoms with Crippen molar-refractivity contribution in [3.63, 3.8) is 0 Å². The number of allylic oxidation sites excluding steroid dienone is 2. The number of rotatable bonds is 7. The molecule has 2 saturated carbocycles. The Bertz CT molecular complexity index is 698. The normalized spacial score (nSPS) is 30.1. The highest BCUT2D eigenvalue weighted by Crippen LogP contribution is 2.48. The van der Waals surface area contributed by atoms with E-state index in [4.69, 9.17) is 0 Å². The number of hydrogen-bond acceptors (Lipinski definition) is 0. The van der Waals surface area contributed by atoms with Gasteiger partial charge in [0, 0.05) is 24.2 Å². The van der Waals surface area contributed by atoms with Crippen LogP contribution in [0, 0.1) is 17.8 Å². The molecule has 2 aliphatic carbocycles. The van der Waals surface area contributed by atoms with Gasteiger partial charge in [-0.15, -0.1) is 0 Å². The second-order valence-electron chi connectivity index (χ2n) is 9.42. The molecule has 0 spiro atoms. The molecule has 0 aromatic heterocycles. The van der Waals surface area contributed by atoms with Crippen LogP contribution < -0.4 is 0 Å². The third-order valence-corrected chi connectivity index (χ3v) is 7.42. The predicted octanol–water partition coefficient (Wildman–Crippen LogP) is 8.92. The Balaban J connectivity index is 1.58. The van der Waals surface area contributed by atoms with Crippen molar-refractivity contribution in [3.8, 4) is 0 Å². The fourth-order valence-corrected chi connectivity index (χ4v) is 5.33. The van der Waals surface area contributed by atoms with Crippen molar-refractivity contribution in [1.29, 1.82) is 0 Å². The maximum Gasteiger partial charge on any atom is 0.251 e. The average molecular weight is 425 g/mol. The predicted molar refractivity (Wildman–Crippen MR) is 115 cm³/mol. The largest absolute Gasteiger partial charge is 0.251 e. The summed E-state index contributed by atoms with van der Waals surface area (Å²) in [6.07, 6.45) is 6.01. The highest BCUT2D eigenvalue weighted by molar-refractivity contribution is 5.26. The maximum absolute atomic E-state index is 14.9.